The smallest absolute Gasteiger partial charge is 0.163 e. The molecule has 0 saturated carbocycles. The van der Waals surface area contributed by atoms with Crippen molar-refractivity contribution in [2.24, 2.45) is 0 Å². The molecule has 3 N–H and O–H groups in total. The normalized spacial score (nSPS) is 16.9. The van der Waals surface area contributed by atoms with Crippen molar-refractivity contribution in [3.8, 4) is 0 Å². The molecule has 0 aromatic carbocycles. The zero-order valence-corrected chi connectivity index (χ0v) is 7.12. The van der Waals surface area contributed by atoms with E-state index < -0.39 is 12.3 Å². The van der Waals surface area contributed by atoms with Gasteiger partial charge in [0, 0.05) is 6.54 Å². The number of hydrogen-bond acceptors (Lipinski definition) is 4. The lowest BCUT2D eigenvalue weighted by Crippen LogP contribution is -2.49. The first-order valence-electron chi connectivity index (χ1n) is 3.90. The van der Waals surface area contributed by atoms with Crippen LogP contribution in [0, 0.1) is 0 Å². The van der Waals surface area contributed by atoms with Gasteiger partial charge in [-0.2, -0.15) is 5.06 Å². The maximum Gasteiger partial charge on any atom is 0.163 e. The van der Waals surface area contributed by atoms with Crippen molar-refractivity contribution >= 4 is 0 Å². The summed E-state index contributed by atoms with van der Waals surface area (Å²) in [4.78, 5) is 0. The maximum atomic E-state index is 9.45. The summed E-state index contributed by atoms with van der Waals surface area (Å²) >= 11 is 0. The summed E-state index contributed by atoms with van der Waals surface area (Å²) in [5, 5.41) is 28.2. The Balaban J connectivity index is 4.00. The molecule has 0 heterocycles. The Morgan fingerprint density at radius 1 is 1.36 bits per heavy atom. The largest absolute Gasteiger partial charge is 0.392 e. The van der Waals surface area contributed by atoms with Crippen LogP contribution in [0.2, 0.25) is 0 Å². The van der Waals surface area contributed by atoms with E-state index in [4.69, 9.17) is 5.11 Å². The van der Waals surface area contributed by atoms with Gasteiger partial charge in [-0.25, -0.2) is 0 Å². The minimum Gasteiger partial charge on any atom is -0.392 e. The minimum absolute atomic E-state index is 0.306. The second kappa shape index (κ2) is 4.66. The van der Waals surface area contributed by atoms with Crippen molar-refractivity contribution in [3.63, 3.8) is 0 Å². The summed E-state index contributed by atoms with van der Waals surface area (Å²) < 4.78 is 0. The summed E-state index contributed by atoms with van der Waals surface area (Å²) in [5.41, 5.74) is -1.46. The van der Waals surface area contributed by atoms with Crippen LogP contribution in [0.4, 0.5) is 0 Å². The zero-order chi connectivity index (χ0) is 8.91. The Kier molecular flexibility index (Phi) is 4.60. The minimum atomic E-state index is -1.46. The van der Waals surface area contributed by atoms with Crippen LogP contribution in [0.3, 0.4) is 0 Å². The van der Waals surface area contributed by atoms with E-state index in [1.165, 1.54) is 0 Å². The monoisotopic (exact) mass is 163 g/mol. The molecule has 0 aromatic rings. The van der Waals surface area contributed by atoms with E-state index >= 15 is 0 Å². The van der Waals surface area contributed by atoms with Gasteiger partial charge in [-0.15, -0.1) is 0 Å². The van der Waals surface area contributed by atoms with Gasteiger partial charge in [0.25, 0.3) is 0 Å². The van der Waals surface area contributed by atoms with Gasteiger partial charge in [0.1, 0.15) is 0 Å². The van der Waals surface area contributed by atoms with Gasteiger partial charge >= 0.3 is 0 Å². The maximum absolute atomic E-state index is 9.45. The van der Waals surface area contributed by atoms with E-state index in [-0.39, 0.29) is 0 Å². The van der Waals surface area contributed by atoms with E-state index in [9.17, 15) is 10.3 Å². The zero-order valence-electron chi connectivity index (χ0n) is 7.12. The highest BCUT2D eigenvalue weighted by atomic mass is 16.5. The summed E-state index contributed by atoms with van der Waals surface area (Å²) in [7, 11) is 0. The summed E-state index contributed by atoms with van der Waals surface area (Å²) in [6.07, 6.45) is 1.04. The van der Waals surface area contributed by atoms with Gasteiger partial charge in [0.15, 0.2) is 5.72 Å². The van der Waals surface area contributed by atoms with Crippen LogP contribution < -0.4 is 0 Å². The van der Waals surface area contributed by atoms with Crippen LogP contribution in [-0.2, 0) is 0 Å². The Morgan fingerprint density at radius 3 is 2.18 bits per heavy atom. The number of hydroxylamine groups is 2. The molecule has 4 nitrogen and oxygen atoms in total. The summed E-state index contributed by atoms with van der Waals surface area (Å²) in [6, 6.07) is 0. The molecule has 0 radical (unpaired) electrons. The molecular weight excluding hydrogens is 146 g/mol. The van der Waals surface area contributed by atoms with E-state index in [0.717, 1.165) is 11.5 Å². The first-order valence-corrected chi connectivity index (χ1v) is 3.90. The standard InChI is InChI=1S/C7H17NO3/c1-3-5-8(11)7(10,4-2)6-9/h9-11H,3-6H2,1-2H3. The first kappa shape index (κ1) is 10.8. The van der Waals surface area contributed by atoms with Gasteiger partial charge in [0.05, 0.1) is 6.61 Å². The third-order valence-corrected chi connectivity index (χ3v) is 1.74. The fourth-order valence-corrected chi connectivity index (χ4v) is 0.796. The Bertz CT molecular complexity index is 104. The van der Waals surface area contributed by atoms with Crippen molar-refractivity contribution < 1.29 is 15.4 Å². The Hall–Kier alpha value is -0.160. The van der Waals surface area contributed by atoms with Crippen molar-refractivity contribution in [1.82, 2.24) is 5.06 Å². The molecule has 0 fully saturated rings. The van der Waals surface area contributed by atoms with E-state index in [1.54, 1.807) is 6.92 Å². The molecule has 4 heteroatoms. The Labute approximate surface area is 67.0 Å². The van der Waals surface area contributed by atoms with E-state index in [0.29, 0.717) is 13.0 Å². The second-order valence-corrected chi connectivity index (χ2v) is 2.62. The lowest BCUT2D eigenvalue weighted by molar-refractivity contribution is -0.275. The SMILES string of the molecule is CCCN(O)C(O)(CC)CO. The molecule has 0 aliphatic heterocycles. The summed E-state index contributed by atoms with van der Waals surface area (Å²) in [5.74, 6) is 0. The Morgan fingerprint density at radius 2 is 1.91 bits per heavy atom. The van der Waals surface area contributed by atoms with Gasteiger partial charge in [-0.1, -0.05) is 13.8 Å². The number of rotatable bonds is 5. The van der Waals surface area contributed by atoms with Crippen molar-refractivity contribution in [2.45, 2.75) is 32.4 Å². The van der Waals surface area contributed by atoms with Gasteiger partial charge in [0.2, 0.25) is 0 Å². The molecule has 68 valence electrons. The van der Waals surface area contributed by atoms with Crippen molar-refractivity contribution in [3.05, 3.63) is 0 Å². The molecule has 0 aromatic heterocycles. The predicted octanol–water partition coefficient (Wildman–Crippen LogP) is 0.178. The molecule has 0 saturated heterocycles. The molecule has 0 rings (SSSR count). The molecule has 0 spiro atoms. The van der Waals surface area contributed by atoms with E-state index in [2.05, 4.69) is 0 Å². The van der Waals surface area contributed by atoms with Crippen molar-refractivity contribution in [2.75, 3.05) is 13.2 Å². The second-order valence-electron chi connectivity index (χ2n) is 2.62. The molecule has 0 aliphatic rings. The molecule has 0 bridgehead atoms. The van der Waals surface area contributed by atoms with Gasteiger partial charge in [-0.05, 0) is 12.8 Å². The molecule has 1 atom stereocenters. The third-order valence-electron chi connectivity index (χ3n) is 1.74. The van der Waals surface area contributed by atoms with Crippen LogP contribution in [-0.4, -0.2) is 39.4 Å². The third kappa shape index (κ3) is 2.75. The topological polar surface area (TPSA) is 63.9 Å². The highest BCUT2D eigenvalue weighted by Crippen LogP contribution is 2.13. The fourth-order valence-electron chi connectivity index (χ4n) is 0.796. The predicted molar refractivity (Wildman–Crippen MR) is 41.1 cm³/mol. The highest BCUT2D eigenvalue weighted by molar-refractivity contribution is 4.70. The molecule has 0 aliphatic carbocycles. The number of hydrogen-bond donors (Lipinski definition) is 3. The molecule has 0 amide bonds. The van der Waals surface area contributed by atoms with Crippen LogP contribution in [0.5, 0.6) is 0 Å². The lowest BCUT2D eigenvalue weighted by atomic mass is 10.1. The van der Waals surface area contributed by atoms with Gasteiger partial charge in [-0.3, -0.25) is 0 Å². The van der Waals surface area contributed by atoms with Gasteiger partial charge < -0.3 is 15.4 Å². The van der Waals surface area contributed by atoms with Crippen LogP contribution in [0.1, 0.15) is 26.7 Å². The first-order chi connectivity index (χ1) is 5.10. The molecule has 11 heavy (non-hydrogen) atoms. The summed E-state index contributed by atoms with van der Waals surface area (Å²) in [6.45, 7) is 3.51. The molecular formula is C7H17NO3. The van der Waals surface area contributed by atoms with Crippen LogP contribution in [0.25, 0.3) is 0 Å². The number of aliphatic hydroxyl groups is 2. The number of aliphatic hydroxyl groups excluding tert-OH is 1. The van der Waals surface area contributed by atoms with Crippen molar-refractivity contribution in [1.29, 1.82) is 0 Å². The van der Waals surface area contributed by atoms with Crippen LogP contribution >= 0.6 is 0 Å². The average Bonchev–Trinajstić information content (AvgIpc) is 2.03. The number of nitrogens with zero attached hydrogens (tertiary/aromatic N) is 1. The quantitative estimate of drug-likeness (QED) is 0.399. The molecule has 1 unspecified atom stereocenters. The average molecular weight is 163 g/mol. The fraction of sp³-hybridized carbons (Fsp3) is 1.00. The lowest BCUT2D eigenvalue weighted by Gasteiger charge is -2.32. The van der Waals surface area contributed by atoms with Crippen LogP contribution in [0.15, 0.2) is 0 Å². The highest BCUT2D eigenvalue weighted by Gasteiger charge is 2.29. The van der Waals surface area contributed by atoms with E-state index in [1.807, 2.05) is 6.92 Å².